The third kappa shape index (κ3) is 38.5. The molecule has 0 unspecified atom stereocenters. The van der Waals surface area contributed by atoms with Crippen LogP contribution in [0, 0.1) is 34.6 Å². The largest absolute Gasteiger partial charge is 0.544 e. The second-order valence-corrected chi connectivity index (χ2v) is 34.3. The van der Waals surface area contributed by atoms with Crippen molar-refractivity contribution in [2.45, 2.75) is 197 Å². The van der Waals surface area contributed by atoms with Crippen LogP contribution in [0.1, 0.15) is 173 Å². The van der Waals surface area contributed by atoms with Crippen molar-refractivity contribution in [3.05, 3.63) is 327 Å². The Hall–Kier alpha value is -7.81. The Morgan fingerprint density at radius 3 is 1.24 bits per heavy atom. The van der Waals surface area contributed by atoms with Gasteiger partial charge in [-0.3, -0.25) is 0 Å². The normalized spacial score (nSPS) is 11.3. The number of hydrogen-bond acceptors (Lipinski definition) is 5. The number of aryl methyl sites for hydroxylation is 9. The third-order valence-electron chi connectivity index (χ3n) is 16.5. The molecule has 4 nitrogen and oxygen atoms in total. The molecule has 0 heterocycles. The number of halogens is 1. The molecule has 0 spiro atoms. The summed E-state index contributed by atoms with van der Waals surface area (Å²) >= 11 is 5.32. The van der Waals surface area contributed by atoms with Gasteiger partial charge in [-0.1, -0.05) is 303 Å². The highest BCUT2D eigenvalue weighted by Crippen LogP contribution is 2.32. The van der Waals surface area contributed by atoms with Crippen molar-refractivity contribution in [1.29, 1.82) is 0 Å². The van der Waals surface area contributed by atoms with Gasteiger partial charge in [-0.2, -0.15) is 0 Å². The molecule has 0 amide bonds. The maximum Gasteiger partial charge on any atom is 0.242 e. The zero-order valence-electron chi connectivity index (χ0n) is 66.0. The molecule has 10 aromatic rings. The molecule has 102 heavy (non-hydrogen) atoms. The number of hydrogen-bond donors (Lipinski definition) is 0. The van der Waals surface area contributed by atoms with E-state index < -0.39 is 8.32 Å². The predicted molar refractivity (Wildman–Crippen MR) is 455 cm³/mol. The summed E-state index contributed by atoms with van der Waals surface area (Å²) in [5.74, 6) is 5.02. The zero-order valence-corrected chi connectivity index (χ0v) is 69.4. The van der Waals surface area contributed by atoms with Gasteiger partial charge >= 0.3 is 0 Å². The average molecular weight is 1470 g/mol. The van der Waals surface area contributed by atoms with Gasteiger partial charge in [-0.15, -0.1) is 11.8 Å². The van der Waals surface area contributed by atoms with Crippen LogP contribution >= 0.6 is 27.7 Å². The minimum atomic E-state index is -1.46. The topological polar surface area (TPSA) is 36.9 Å². The van der Waals surface area contributed by atoms with Gasteiger partial charge in [0.15, 0.2) is 0 Å². The quantitative estimate of drug-likeness (QED) is 0.0581. The summed E-state index contributed by atoms with van der Waals surface area (Å²) in [6, 6.07) is 84.4. The summed E-state index contributed by atoms with van der Waals surface area (Å²) in [5, 5.41) is 0. The van der Waals surface area contributed by atoms with Crippen LogP contribution in [-0.2, 0) is 31.1 Å². The van der Waals surface area contributed by atoms with Gasteiger partial charge in [0, 0.05) is 15.4 Å². The predicted octanol–water partition coefficient (Wildman–Crippen LogP) is 28.4. The molecule has 11 rings (SSSR count). The fourth-order valence-electron chi connectivity index (χ4n) is 11.1. The number of thioether (sulfide) groups is 1. The molecule has 0 aromatic heterocycles. The van der Waals surface area contributed by atoms with Crippen LogP contribution in [0.5, 0.6) is 23.0 Å². The van der Waals surface area contributed by atoms with Crippen molar-refractivity contribution >= 4 is 36.0 Å². The minimum absolute atomic E-state index is 0.293. The number of methoxy groups -OCH3 is 2. The second-order valence-electron chi connectivity index (χ2n) is 28.1. The van der Waals surface area contributed by atoms with Gasteiger partial charge in [0.05, 0.1) is 14.2 Å². The van der Waals surface area contributed by atoms with Gasteiger partial charge < -0.3 is 18.6 Å². The highest BCUT2D eigenvalue weighted by Gasteiger charge is 2.17. The Bertz CT molecular complexity index is 3650. The molecule has 1 aliphatic carbocycles. The van der Waals surface area contributed by atoms with Gasteiger partial charge in [-0.05, 0) is 238 Å². The molecule has 0 radical (unpaired) electrons. The van der Waals surface area contributed by atoms with Crippen LogP contribution in [0.25, 0.3) is 11.1 Å². The lowest BCUT2D eigenvalue weighted by Crippen LogP contribution is -2.29. The summed E-state index contributed by atoms with van der Waals surface area (Å²) < 4.78 is 22.5. The maximum atomic E-state index is 5.93. The van der Waals surface area contributed by atoms with E-state index in [1.165, 1.54) is 114 Å². The van der Waals surface area contributed by atoms with Gasteiger partial charge in [0.1, 0.15) is 29.6 Å². The lowest BCUT2D eigenvalue weighted by molar-refractivity contribution is 0.363. The van der Waals surface area contributed by atoms with Crippen molar-refractivity contribution in [3.8, 4) is 34.1 Å². The Labute approximate surface area is 634 Å². The van der Waals surface area contributed by atoms with Crippen molar-refractivity contribution in [2.24, 2.45) is 0 Å². The monoisotopic (exact) mass is 1470 g/mol. The second kappa shape index (κ2) is 49.7. The van der Waals surface area contributed by atoms with E-state index in [2.05, 4.69) is 333 Å². The van der Waals surface area contributed by atoms with E-state index in [0.29, 0.717) is 17.9 Å². The first-order valence-corrected chi connectivity index (χ1v) is 42.2. The molecule has 0 N–H and O–H groups in total. The Balaban J connectivity index is 0.000000299. The Morgan fingerprint density at radius 2 is 0.863 bits per heavy atom. The van der Waals surface area contributed by atoms with Gasteiger partial charge in [0.25, 0.3) is 0 Å². The molecule has 0 saturated heterocycles. The Kier molecular flexibility index (Phi) is 43.1. The minimum Gasteiger partial charge on any atom is -0.544 e. The summed E-state index contributed by atoms with van der Waals surface area (Å²) in [6.45, 7) is 41.1. The van der Waals surface area contributed by atoms with Crippen LogP contribution in [0.15, 0.2) is 265 Å². The fraction of sp³-hybridized carbons (Fsp3) is 0.347. The van der Waals surface area contributed by atoms with Crippen molar-refractivity contribution < 1.29 is 18.6 Å². The number of ether oxygens (including phenoxy) is 3. The number of benzene rings is 10. The molecule has 10 aromatic carbocycles. The van der Waals surface area contributed by atoms with Crippen LogP contribution in [0.3, 0.4) is 0 Å². The van der Waals surface area contributed by atoms with E-state index in [-0.39, 0.29) is 0 Å². The fourth-order valence-corrected chi connectivity index (χ4v) is 13.1. The Morgan fingerprint density at radius 1 is 0.471 bits per heavy atom. The first-order chi connectivity index (χ1) is 48.7. The van der Waals surface area contributed by atoms with E-state index in [0.717, 1.165) is 54.6 Å². The van der Waals surface area contributed by atoms with E-state index in [1.54, 1.807) is 25.9 Å². The molecule has 546 valence electrons. The smallest absolute Gasteiger partial charge is 0.242 e. The molecule has 0 aliphatic heterocycles. The average Bonchev–Trinajstić information content (AvgIpc) is 0.915. The van der Waals surface area contributed by atoms with Gasteiger partial charge in [0.2, 0.25) is 8.32 Å². The SMILES string of the molecule is C=CCOc1cc(C)cc(C)c1.CC(C)(C)c1ccccc1.CC(C)c1cccc(O[Si](C)(C)C)c1.CCc1cc(Br)cc(CC)c1.CCc1cc(CC)cc(SC)c1.COc1cccc(OC)c1.Cc1cc(C)cc(C)c1.c1ccc(-c2ccccc2)cc1.c1ccc(C2CCCCC2)cc1. The molecule has 7 heteroatoms. The van der Waals surface area contributed by atoms with Crippen molar-refractivity contribution in [2.75, 3.05) is 27.1 Å². The van der Waals surface area contributed by atoms with E-state index in [4.69, 9.17) is 18.6 Å². The summed E-state index contributed by atoms with van der Waals surface area (Å²) in [6.07, 6.45) is 15.5. The molecule has 1 aliphatic rings. The summed E-state index contributed by atoms with van der Waals surface area (Å²) in [5.41, 5.74) is 19.4. The molecule has 1 fully saturated rings. The van der Waals surface area contributed by atoms with E-state index in [9.17, 15) is 0 Å². The maximum absolute atomic E-state index is 5.93. The van der Waals surface area contributed by atoms with Crippen molar-refractivity contribution in [3.63, 3.8) is 0 Å². The zero-order chi connectivity index (χ0) is 75.3. The van der Waals surface area contributed by atoms with E-state index in [1.807, 2.05) is 66.4 Å². The molecular weight excluding hydrogens is 1350 g/mol. The standard InChI is InChI=1S/C12H20OSi.C12H16.C12H10.C11H14O.C11H16S.C10H13Br.C10H14.C9H12.C8H10O2/c1-10(2)11-7-6-8-12(9-11)13-14(3,4)5;2*1-3-7-11(8-4-1)12-9-5-2-6-10-12;1-4-5-12-11-7-9(2)6-10(3)8-11;1-4-9-6-10(5-2)8-11(7-9)12-3;1-3-8-5-9(4-2)7-10(11)6-8;1-10(2,3)9-7-5-4-6-8-9;1-7-4-8(2)6-9(3)5-7;1-9-7-4-3-5-8(6-7)10-2/h6-10H,1-5H3;1,3-4,7-8,12H,2,5-6,9-10H2;1-10H;4,6-8H,1,5H2,2-3H3;6-8H,4-5H2,1-3H3;5-7H,3-4H2,1-2H3;4-8H,1-3H3;4-6H,1-3H3;3-6H,1-2H3. The third-order valence-corrected chi connectivity index (χ3v) is 18.5. The van der Waals surface area contributed by atoms with Crippen LogP contribution < -0.4 is 18.6 Å². The van der Waals surface area contributed by atoms with Crippen LogP contribution in [0.2, 0.25) is 19.6 Å². The summed E-state index contributed by atoms with van der Waals surface area (Å²) in [4.78, 5) is 1.39. The first-order valence-electron chi connectivity index (χ1n) is 36.7. The lowest BCUT2D eigenvalue weighted by Gasteiger charge is -2.21. The molecule has 0 atom stereocenters. The lowest BCUT2D eigenvalue weighted by atomic mass is 9.84. The number of rotatable bonds is 15. The highest BCUT2D eigenvalue weighted by molar-refractivity contribution is 9.10. The van der Waals surface area contributed by atoms with Crippen molar-refractivity contribution in [1.82, 2.24) is 0 Å². The van der Waals surface area contributed by atoms with Crippen LogP contribution in [-0.4, -0.2) is 35.4 Å². The first kappa shape index (κ1) is 88.4. The highest BCUT2D eigenvalue weighted by atomic mass is 79.9. The molecule has 0 bridgehead atoms. The van der Waals surface area contributed by atoms with E-state index >= 15 is 0 Å². The van der Waals surface area contributed by atoms with Crippen LogP contribution in [0.4, 0.5) is 0 Å². The summed E-state index contributed by atoms with van der Waals surface area (Å²) in [7, 11) is 1.81. The molecule has 1 saturated carbocycles. The van der Waals surface area contributed by atoms with Gasteiger partial charge in [-0.25, -0.2) is 0 Å². The molecular formula is C95H125BrO4SSi.